The molecule has 2 aromatic rings. The number of fused-ring (bicyclic) bond motifs is 1. The lowest BCUT2D eigenvalue weighted by molar-refractivity contribution is 1.17. The number of para-hydroxylation sites is 1. The molecule has 1 aliphatic carbocycles. The minimum atomic E-state index is 1.10. The van der Waals surface area contributed by atoms with E-state index in [1.165, 1.54) is 28.1 Å². The Morgan fingerprint density at radius 2 is 1.72 bits per heavy atom. The van der Waals surface area contributed by atoms with Gasteiger partial charge in [-0.2, -0.15) is 0 Å². The zero-order valence-electron chi connectivity index (χ0n) is 10.9. The predicted molar refractivity (Wildman–Crippen MR) is 78.3 cm³/mol. The minimum Gasteiger partial charge on any atom is -0.345 e. The molecule has 18 heavy (non-hydrogen) atoms. The van der Waals surface area contributed by atoms with E-state index in [1.54, 1.807) is 0 Å². The Morgan fingerprint density at radius 1 is 0.944 bits per heavy atom. The van der Waals surface area contributed by atoms with E-state index in [1.807, 2.05) is 6.07 Å². The van der Waals surface area contributed by atoms with Crippen molar-refractivity contribution in [2.45, 2.75) is 13.3 Å². The summed E-state index contributed by atoms with van der Waals surface area (Å²) in [5.41, 5.74) is 6.72. The molecule has 3 rings (SSSR count). The van der Waals surface area contributed by atoms with Gasteiger partial charge in [-0.25, -0.2) is 0 Å². The molecule has 0 aromatic heterocycles. The molecule has 0 fully saturated rings. The van der Waals surface area contributed by atoms with Gasteiger partial charge in [0.05, 0.1) is 0 Å². The second-order valence-corrected chi connectivity index (χ2v) is 4.95. The van der Waals surface area contributed by atoms with Crippen molar-refractivity contribution in [3.63, 3.8) is 0 Å². The molecule has 0 heterocycles. The zero-order valence-corrected chi connectivity index (χ0v) is 10.9. The van der Waals surface area contributed by atoms with Crippen molar-refractivity contribution >= 4 is 17.5 Å². The summed E-state index contributed by atoms with van der Waals surface area (Å²) in [7, 11) is 2.11. The fourth-order valence-electron chi connectivity index (χ4n) is 2.50. The lowest BCUT2D eigenvalue weighted by Gasteiger charge is -2.20. The molecule has 0 amide bonds. The summed E-state index contributed by atoms with van der Waals surface area (Å²) in [5, 5.41) is 0. The van der Waals surface area contributed by atoms with Crippen molar-refractivity contribution < 1.29 is 0 Å². The van der Waals surface area contributed by atoms with Gasteiger partial charge in [0.15, 0.2) is 0 Å². The van der Waals surface area contributed by atoms with Crippen molar-refractivity contribution in [2.75, 3.05) is 11.9 Å². The van der Waals surface area contributed by atoms with Crippen LogP contribution in [0.1, 0.15) is 18.1 Å². The van der Waals surface area contributed by atoms with Gasteiger partial charge < -0.3 is 4.90 Å². The summed E-state index contributed by atoms with van der Waals surface area (Å²) >= 11 is 0. The standard InChI is InChI=1S/C17H17N/c1-13-10-14-8-9-17(12-15(14)11-13)18(2)16-6-4-3-5-7-16/h3-9,11-12H,10H2,1-2H3. The SMILES string of the molecule is CC1=Cc2cc(N(C)c3ccccc3)ccc2C1. The number of allylic oxidation sites excluding steroid dienone is 1. The van der Waals surface area contributed by atoms with Gasteiger partial charge in [0.1, 0.15) is 0 Å². The highest BCUT2D eigenvalue weighted by molar-refractivity contribution is 5.71. The van der Waals surface area contributed by atoms with E-state index in [-0.39, 0.29) is 0 Å². The van der Waals surface area contributed by atoms with E-state index >= 15 is 0 Å². The topological polar surface area (TPSA) is 3.24 Å². The van der Waals surface area contributed by atoms with Gasteiger partial charge in [-0.05, 0) is 48.7 Å². The van der Waals surface area contributed by atoms with Gasteiger partial charge in [0, 0.05) is 18.4 Å². The molecule has 1 heteroatoms. The van der Waals surface area contributed by atoms with Gasteiger partial charge in [0.2, 0.25) is 0 Å². The third kappa shape index (κ3) is 1.92. The lowest BCUT2D eigenvalue weighted by atomic mass is 10.1. The Kier molecular flexibility index (Phi) is 2.67. The smallest absolute Gasteiger partial charge is 0.0414 e. The van der Waals surface area contributed by atoms with E-state index in [0.29, 0.717) is 0 Å². The molecular weight excluding hydrogens is 218 g/mol. The molecule has 2 aromatic carbocycles. The first-order chi connectivity index (χ1) is 8.74. The average molecular weight is 235 g/mol. The molecule has 0 spiro atoms. The van der Waals surface area contributed by atoms with Crippen molar-refractivity contribution in [1.29, 1.82) is 0 Å². The lowest BCUT2D eigenvalue weighted by Crippen LogP contribution is -2.09. The molecule has 1 aliphatic rings. The summed E-state index contributed by atoms with van der Waals surface area (Å²) in [5.74, 6) is 0. The number of hydrogen-bond donors (Lipinski definition) is 0. The second-order valence-electron chi connectivity index (χ2n) is 4.95. The van der Waals surface area contributed by atoms with Gasteiger partial charge in [-0.15, -0.1) is 0 Å². The summed E-state index contributed by atoms with van der Waals surface area (Å²) in [6.45, 7) is 2.20. The molecular formula is C17H17N. The molecule has 0 unspecified atom stereocenters. The maximum atomic E-state index is 2.29. The average Bonchev–Trinajstić information content (AvgIpc) is 2.78. The van der Waals surface area contributed by atoms with Crippen molar-refractivity contribution in [2.24, 2.45) is 0 Å². The number of rotatable bonds is 2. The second kappa shape index (κ2) is 4.34. The Labute approximate surface area is 108 Å². The fraction of sp³-hybridized carbons (Fsp3) is 0.176. The molecule has 0 bridgehead atoms. The van der Waals surface area contributed by atoms with E-state index in [2.05, 4.69) is 67.4 Å². The van der Waals surface area contributed by atoms with Crippen molar-refractivity contribution in [3.05, 3.63) is 65.2 Å². The number of anilines is 2. The monoisotopic (exact) mass is 235 g/mol. The highest BCUT2D eigenvalue weighted by Crippen LogP contribution is 2.30. The largest absolute Gasteiger partial charge is 0.345 e. The van der Waals surface area contributed by atoms with Crippen molar-refractivity contribution in [3.8, 4) is 0 Å². The number of hydrogen-bond acceptors (Lipinski definition) is 1. The first kappa shape index (κ1) is 11.1. The quantitative estimate of drug-likeness (QED) is 0.745. The van der Waals surface area contributed by atoms with Crippen LogP contribution in [0.5, 0.6) is 0 Å². The molecule has 1 nitrogen and oxygen atoms in total. The highest BCUT2D eigenvalue weighted by atomic mass is 15.1. The fourth-order valence-corrected chi connectivity index (χ4v) is 2.50. The van der Waals surface area contributed by atoms with Gasteiger partial charge in [0.25, 0.3) is 0 Å². The number of nitrogens with zero attached hydrogens (tertiary/aromatic N) is 1. The van der Waals surface area contributed by atoms with Crippen LogP contribution in [0.3, 0.4) is 0 Å². The maximum absolute atomic E-state index is 2.29. The molecule has 0 saturated carbocycles. The Hall–Kier alpha value is -2.02. The van der Waals surface area contributed by atoms with Crippen LogP contribution >= 0.6 is 0 Å². The summed E-state index contributed by atoms with van der Waals surface area (Å²) in [4.78, 5) is 2.22. The summed E-state index contributed by atoms with van der Waals surface area (Å²) < 4.78 is 0. The Bertz CT molecular complexity index is 596. The van der Waals surface area contributed by atoms with Crippen LogP contribution in [0.25, 0.3) is 6.08 Å². The molecule has 90 valence electrons. The van der Waals surface area contributed by atoms with Crippen molar-refractivity contribution in [1.82, 2.24) is 0 Å². The van der Waals surface area contributed by atoms with Crippen LogP contribution in [0.15, 0.2) is 54.1 Å². The van der Waals surface area contributed by atoms with Crippen LogP contribution < -0.4 is 4.90 Å². The Balaban J connectivity index is 1.96. The van der Waals surface area contributed by atoms with E-state index in [9.17, 15) is 0 Å². The first-order valence-electron chi connectivity index (χ1n) is 6.33. The van der Waals surface area contributed by atoms with Crippen LogP contribution in [0.2, 0.25) is 0 Å². The maximum Gasteiger partial charge on any atom is 0.0414 e. The predicted octanol–water partition coefficient (Wildman–Crippen LogP) is 4.41. The van der Waals surface area contributed by atoms with E-state index < -0.39 is 0 Å². The third-order valence-corrected chi connectivity index (χ3v) is 3.53. The molecule has 0 atom stereocenters. The van der Waals surface area contributed by atoms with Gasteiger partial charge in [-0.1, -0.05) is 35.9 Å². The highest BCUT2D eigenvalue weighted by Gasteiger charge is 2.11. The van der Waals surface area contributed by atoms with Crippen LogP contribution in [0.4, 0.5) is 11.4 Å². The number of benzene rings is 2. The van der Waals surface area contributed by atoms with Gasteiger partial charge in [-0.3, -0.25) is 0 Å². The van der Waals surface area contributed by atoms with Crippen LogP contribution in [-0.4, -0.2) is 7.05 Å². The van der Waals surface area contributed by atoms with Gasteiger partial charge >= 0.3 is 0 Å². The van der Waals surface area contributed by atoms with E-state index in [0.717, 1.165) is 6.42 Å². The normalized spacial score (nSPS) is 13.1. The molecule has 0 N–H and O–H groups in total. The zero-order chi connectivity index (χ0) is 12.5. The summed E-state index contributed by atoms with van der Waals surface area (Å²) in [6.07, 6.45) is 3.39. The Morgan fingerprint density at radius 3 is 2.50 bits per heavy atom. The third-order valence-electron chi connectivity index (χ3n) is 3.53. The van der Waals surface area contributed by atoms with Crippen LogP contribution in [-0.2, 0) is 6.42 Å². The summed E-state index contributed by atoms with van der Waals surface area (Å²) in [6, 6.07) is 17.2. The van der Waals surface area contributed by atoms with E-state index in [4.69, 9.17) is 0 Å². The molecule has 0 saturated heterocycles. The minimum absolute atomic E-state index is 1.10. The van der Waals surface area contributed by atoms with Crippen LogP contribution in [0, 0.1) is 0 Å². The molecule has 0 aliphatic heterocycles. The molecule has 0 radical (unpaired) electrons. The first-order valence-corrected chi connectivity index (χ1v) is 6.33.